The van der Waals surface area contributed by atoms with E-state index in [1.807, 2.05) is 12.3 Å². The Bertz CT molecular complexity index is 641. The molecule has 0 amide bonds. The van der Waals surface area contributed by atoms with Gasteiger partial charge in [-0.3, -0.25) is 0 Å². The second-order valence-electron chi connectivity index (χ2n) is 4.32. The molecule has 1 aromatic carbocycles. The number of aromatic hydroxyl groups is 1. The normalized spacial score (nSPS) is 11.1. The number of rotatable bonds is 4. The predicted molar refractivity (Wildman–Crippen MR) is 68.5 cm³/mol. The molecule has 0 atom stereocenters. The molecular weight excluding hydrogens is 228 g/mol. The summed E-state index contributed by atoms with van der Waals surface area (Å²) >= 11 is 0. The van der Waals surface area contributed by atoms with Crippen molar-refractivity contribution in [1.82, 2.24) is 9.97 Å². The molecule has 0 saturated heterocycles. The van der Waals surface area contributed by atoms with Gasteiger partial charge in [-0.2, -0.15) is 0 Å². The summed E-state index contributed by atoms with van der Waals surface area (Å²) in [6.07, 6.45) is 8.01. The Kier molecular flexibility index (Phi) is 2.76. The Morgan fingerprint density at radius 1 is 1.28 bits per heavy atom. The summed E-state index contributed by atoms with van der Waals surface area (Å²) < 4.78 is 5.20. The maximum atomic E-state index is 9.51. The minimum absolute atomic E-state index is 0.302. The number of nitrogens with zero attached hydrogens (tertiary/aromatic N) is 1. The van der Waals surface area contributed by atoms with Gasteiger partial charge in [0.15, 0.2) is 5.89 Å². The Morgan fingerprint density at radius 3 is 3.06 bits per heavy atom. The highest BCUT2D eigenvalue weighted by Crippen LogP contribution is 2.24. The van der Waals surface area contributed by atoms with E-state index in [4.69, 9.17) is 4.42 Å². The molecule has 0 aliphatic heterocycles. The summed E-state index contributed by atoms with van der Waals surface area (Å²) in [6.45, 7) is 0. The number of aromatic amines is 1. The van der Waals surface area contributed by atoms with E-state index in [-0.39, 0.29) is 0 Å². The zero-order valence-corrected chi connectivity index (χ0v) is 9.89. The van der Waals surface area contributed by atoms with E-state index in [9.17, 15) is 5.11 Å². The van der Waals surface area contributed by atoms with Crippen LogP contribution in [0, 0.1) is 0 Å². The molecule has 0 spiro atoms. The third kappa shape index (κ3) is 2.09. The van der Waals surface area contributed by atoms with Gasteiger partial charge in [-0.05, 0) is 36.6 Å². The number of H-pyrrole nitrogens is 1. The van der Waals surface area contributed by atoms with Gasteiger partial charge in [-0.1, -0.05) is 0 Å². The molecule has 18 heavy (non-hydrogen) atoms. The molecule has 0 aliphatic carbocycles. The van der Waals surface area contributed by atoms with E-state index in [2.05, 4.69) is 9.97 Å². The van der Waals surface area contributed by atoms with Crippen molar-refractivity contribution < 1.29 is 9.52 Å². The number of hydrogen-bond acceptors (Lipinski definition) is 3. The van der Waals surface area contributed by atoms with Gasteiger partial charge in [0.05, 0.1) is 6.20 Å². The van der Waals surface area contributed by atoms with E-state index in [0.717, 1.165) is 36.1 Å². The van der Waals surface area contributed by atoms with Gasteiger partial charge in [-0.15, -0.1) is 0 Å². The summed E-state index contributed by atoms with van der Waals surface area (Å²) in [5.74, 6) is 1.08. The lowest BCUT2D eigenvalue weighted by atomic mass is 10.1. The molecule has 3 rings (SSSR count). The van der Waals surface area contributed by atoms with Crippen LogP contribution in [0.25, 0.3) is 10.9 Å². The minimum Gasteiger partial charge on any atom is -0.508 e. The average molecular weight is 242 g/mol. The topological polar surface area (TPSA) is 62.0 Å². The molecule has 4 nitrogen and oxygen atoms in total. The van der Waals surface area contributed by atoms with Gasteiger partial charge in [0.1, 0.15) is 12.0 Å². The zero-order valence-electron chi connectivity index (χ0n) is 9.89. The van der Waals surface area contributed by atoms with Crippen LogP contribution in [0.1, 0.15) is 17.9 Å². The lowest BCUT2D eigenvalue weighted by Gasteiger charge is -1.99. The molecule has 0 bridgehead atoms. The number of aryl methyl sites for hydroxylation is 2. The van der Waals surface area contributed by atoms with Crippen molar-refractivity contribution in [3.8, 4) is 5.75 Å². The Hall–Kier alpha value is -2.23. The monoisotopic (exact) mass is 242 g/mol. The van der Waals surface area contributed by atoms with Gasteiger partial charge in [0.2, 0.25) is 0 Å². The van der Waals surface area contributed by atoms with E-state index < -0.39 is 0 Å². The van der Waals surface area contributed by atoms with E-state index >= 15 is 0 Å². The summed E-state index contributed by atoms with van der Waals surface area (Å²) in [5.41, 5.74) is 2.27. The fraction of sp³-hybridized carbons (Fsp3) is 0.214. The van der Waals surface area contributed by atoms with Crippen molar-refractivity contribution >= 4 is 10.9 Å². The first kappa shape index (κ1) is 10.9. The van der Waals surface area contributed by atoms with Crippen molar-refractivity contribution in [2.45, 2.75) is 19.3 Å². The van der Waals surface area contributed by atoms with Crippen LogP contribution in [0.15, 0.2) is 41.3 Å². The highest BCUT2D eigenvalue weighted by atomic mass is 16.3. The van der Waals surface area contributed by atoms with Crippen LogP contribution >= 0.6 is 0 Å². The fourth-order valence-corrected chi connectivity index (χ4v) is 2.18. The summed E-state index contributed by atoms with van der Waals surface area (Å²) in [6, 6.07) is 5.38. The van der Waals surface area contributed by atoms with E-state index in [1.54, 1.807) is 24.6 Å². The first-order valence-corrected chi connectivity index (χ1v) is 6.00. The standard InChI is InChI=1S/C14H14N2O2/c17-11-4-5-13-12(8-11)10(9-16-13)2-1-3-14-15-6-7-18-14/h4-9,16-17H,1-3H2. The smallest absolute Gasteiger partial charge is 0.193 e. The Morgan fingerprint density at radius 2 is 2.22 bits per heavy atom. The molecular formula is C14H14N2O2. The number of phenols is 1. The first-order chi connectivity index (χ1) is 8.83. The lowest BCUT2D eigenvalue weighted by molar-refractivity contribution is 0.476. The van der Waals surface area contributed by atoms with Gasteiger partial charge in [0, 0.05) is 23.5 Å². The number of hydrogen-bond donors (Lipinski definition) is 2. The maximum absolute atomic E-state index is 9.51. The van der Waals surface area contributed by atoms with Crippen LogP contribution in [-0.2, 0) is 12.8 Å². The number of phenolic OH excluding ortho intramolecular Hbond substituents is 1. The van der Waals surface area contributed by atoms with Crippen LogP contribution in [0.3, 0.4) is 0 Å². The number of benzene rings is 1. The molecule has 2 heterocycles. The second kappa shape index (κ2) is 4.56. The van der Waals surface area contributed by atoms with Gasteiger partial charge in [0.25, 0.3) is 0 Å². The highest BCUT2D eigenvalue weighted by molar-refractivity contribution is 5.84. The number of oxazole rings is 1. The van der Waals surface area contributed by atoms with Crippen LogP contribution in [0.4, 0.5) is 0 Å². The fourth-order valence-electron chi connectivity index (χ4n) is 2.18. The largest absolute Gasteiger partial charge is 0.508 e. The molecule has 0 aliphatic rings. The van der Waals surface area contributed by atoms with Crippen LogP contribution < -0.4 is 0 Å². The molecule has 92 valence electrons. The highest BCUT2D eigenvalue weighted by Gasteiger charge is 2.05. The van der Waals surface area contributed by atoms with Crippen LogP contribution in [0.5, 0.6) is 5.75 Å². The summed E-state index contributed by atoms with van der Waals surface area (Å²) in [5, 5.41) is 10.6. The molecule has 0 radical (unpaired) electrons. The Labute approximate surface area is 104 Å². The molecule has 2 N–H and O–H groups in total. The Balaban J connectivity index is 1.72. The van der Waals surface area contributed by atoms with Gasteiger partial charge < -0.3 is 14.5 Å². The average Bonchev–Trinajstić information content (AvgIpc) is 2.99. The molecule has 3 aromatic rings. The van der Waals surface area contributed by atoms with Gasteiger partial charge >= 0.3 is 0 Å². The SMILES string of the molecule is Oc1ccc2[nH]cc(CCCc3ncco3)c2c1. The lowest BCUT2D eigenvalue weighted by Crippen LogP contribution is -1.89. The van der Waals surface area contributed by atoms with E-state index in [1.165, 1.54) is 5.56 Å². The van der Waals surface area contributed by atoms with Crippen molar-refractivity contribution in [1.29, 1.82) is 0 Å². The molecule has 4 heteroatoms. The summed E-state index contributed by atoms with van der Waals surface area (Å²) in [7, 11) is 0. The van der Waals surface area contributed by atoms with Crippen molar-refractivity contribution in [2.24, 2.45) is 0 Å². The molecule has 2 aromatic heterocycles. The quantitative estimate of drug-likeness (QED) is 0.739. The number of fused-ring (bicyclic) bond motifs is 1. The maximum Gasteiger partial charge on any atom is 0.193 e. The predicted octanol–water partition coefficient (Wildman–Crippen LogP) is 3.04. The second-order valence-corrected chi connectivity index (χ2v) is 4.32. The molecule has 0 fully saturated rings. The van der Waals surface area contributed by atoms with Crippen molar-refractivity contribution in [3.63, 3.8) is 0 Å². The third-order valence-electron chi connectivity index (χ3n) is 3.07. The minimum atomic E-state index is 0.302. The third-order valence-corrected chi connectivity index (χ3v) is 3.07. The van der Waals surface area contributed by atoms with Crippen molar-refractivity contribution in [2.75, 3.05) is 0 Å². The molecule has 0 unspecified atom stereocenters. The molecule has 0 saturated carbocycles. The number of aromatic nitrogens is 2. The van der Waals surface area contributed by atoms with E-state index in [0.29, 0.717) is 5.75 Å². The van der Waals surface area contributed by atoms with Crippen LogP contribution in [-0.4, -0.2) is 15.1 Å². The van der Waals surface area contributed by atoms with Crippen LogP contribution in [0.2, 0.25) is 0 Å². The number of nitrogens with one attached hydrogen (secondary N) is 1. The first-order valence-electron chi connectivity index (χ1n) is 6.00. The zero-order chi connectivity index (χ0) is 12.4. The summed E-state index contributed by atoms with van der Waals surface area (Å²) in [4.78, 5) is 7.31. The van der Waals surface area contributed by atoms with Crippen molar-refractivity contribution in [3.05, 3.63) is 48.3 Å². The van der Waals surface area contributed by atoms with Gasteiger partial charge in [-0.25, -0.2) is 4.98 Å².